The minimum Gasteiger partial charge on any atom is -0.444 e. The zero-order valence-corrected chi connectivity index (χ0v) is 22.0. The van der Waals surface area contributed by atoms with Gasteiger partial charge in [-0.3, -0.25) is 9.48 Å². The third kappa shape index (κ3) is 5.39. The summed E-state index contributed by atoms with van der Waals surface area (Å²) in [7, 11) is 1.85. The number of benzene rings is 1. The molecule has 10 nitrogen and oxygen atoms in total. The first-order chi connectivity index (χ1) is 17.6. The van der Waals surface area contributed by atoms with Gasteiger partial charge in [-0.2, -0.15) is 5.10 Å². The minimum atomic E-state index is -0.559. The molecule has 1 aliphatic carbocycles. The highest BCUT2D eigenvalue weighted by atomic mass is 35.5. The summed E-state index contributed by atoms with van der Waals surface area (Å²) < 4.78 is 7.12. The number of hydrogen-bond donors (Lipinski definition) is 3. The van der Waals surface area contributed by atoms with Crippen LogP contribution in [-0.4, -0.2) is 54.4 Å². The Bertz CT molecular complexity index is 1490. The molecule has 3 heterocycles. The molecule has 1 saturated carbocycles. The lowest BCUT2D eigenvalue weighted by molar-refractivity contribution is 0.0489. The van der Waals surface area contributed by atoms with Gasteiger partial charge in [-0.1, -0.05) is 11.6 Å². The van der Waals surface area contributed by atoms with Crippen LogP contribution in [0.4, 0.5) is 4.79 Å². The Labute approximate surface area is 219 Å². The van der Waals surface area contributed by atoms with Crippen molar-refractivity contribution in [2.45, 2.75) is 64.1 Å². The Morgan fingerprint density at radius 2 is 1.95 bits per heavy atom. The molecule has 3 aromatic heterocycles. The number of ether oxygens (including phenoxy) is 1. The monoisotopic (exact) mass is 523 g/mol. The number of fused-ring (bicyclic) bond motifs is 2. The molecule has 1 fully saturated rings. The summed E-state index contributed by atoms with van der Waals surface area (Å²) in [6.45, 7) is 5.49. The van der Waals surface area contributed by atoms with E-state index in [9.17, 15) is 9.59 Å². The van der Waals surface area contributed by atoms with Gasteiger partial charge >= 0.3 is 6.09 Å². The maximum Gasteiger partial charge on any atom is 0.407 e. The van der Waals surface area contributed by atoms with Crippen LogP contribution >= 0.6 is 11.6 Å². The molecule has 0 saturated heterocycles. The molecule has 0 aliphatic heterocycles. The Balaban J connectivity index is 1.34. The molecule has 1 aromatic carbocycles. The highest BCUT2D eigenvalue weighted by molar-refractivity contribution is 6.31. The normalized spacial score (nSPS) is 18.2. The predicted molar refractivity (Wildman–Crippen MR) is 141 cm³/mol. The molecule has 0 radical (unpaired) electrons. The third-order valence-electron chi connectivity index (χ3n) is 6.41. The number of aryl methyl sites for hydroxylation is 1. The Morgan fingerprint density at radius 3 is 2.70 bits per heavy atom. The maximum absolute atomic E-state index is 13.3. The highest BCUT2D eigenvalue weighted by Gasteiger charge is 2.27. The van der Waals surface area contributed by atoms with Crippen LogP contribution in [0.5, 0.6) is 0 Å². The van der Waals surface area contributed by atoms with Crippen molar-refractivity contribution in [3.05, 3.63) is 41.2 Å². The molecule has 2 atom stereocenters. The van der Waals surface area contributed by atoms with Crippen molar-refractivity contribution in [3.8, 4) is 11.4 Å². The summed E-state index contributed by atoms with van der Waals surface area (Å²) in [5.74, 6) is -0.238. The third-order valence-corrected chi connectivity index (χ3v) is 6.65. The second kappa shape index (κ2) is 9.66. The van der Waals surface area contributed by atoms with Crippen LogP contribution in [-0.2, 0) is 11.8 Å². The molecule has 0 bridgehead atoms. The van der Waals surface area contributed by atoms with Gasteiger partial charge in [0.1, 0.15) is 22.5 Å². The number of nitrogens with one attached hydrogen (secondary N) is 3. The Kier molecular flexibility index (Phi) is 6.53. The van der Waals surface area contributed by atoms with Gasteiger partial charge in [0.25, 0.3) is 5.91 Å². The second-order valence-electron chi connectivity index (χ2n) is 10.5. The van der Waals surface area contributed by atoms with Gasteiger partial charge in [-0.25, -0.2) is 14.8 Å². The van der Waals surface area contributed by atoms with Crippen molar-refractivity contribution < 1.29 is 14.3 Å². The number of alkyl carbamates (subject to hydrolysis) is 1. The number of hydrogen-bond acceptors (Lipinski definition) is 6. The summed E-state index contributed by atoms with van der Waals surface area (Å²) in [4.78, 5) is 37.7. The predicted octanol–water partition coefficient (Wildman–Crippen LogP) is 4.73. The van der Waals surface area contributed by atoms with Crippen LogP contribution in [0.25, 0.3) is 33.5 Å². The van der Waals surface area contributed by atoms with Gasteiger partial charge in [-0.15, -0.1) is 0 Å². The van der Waals surface area contributed by atoms with E-state index in [1.807, 2.05) is 46.0 Å². The van der Waals surface area contributed by atoms with E-state index in [2.05, 4.69) is 25.7 Å². The van der Waals surface area contributed by atoms with Gasteiger partial charge < -0.3 is 20.4 Å². The number of rotatable bonds is 4. The maximum atomic E-state index is 13.3. The van der Waals surface area contributed by atoms with E-state index in [-0.39, 0.29) is 18.0 Å². The average Bonchev–Trinajstić information content (AvgIpc) is 3.38. The quantitative estimate of drug-likeness (QED) is 0.355. The van der Waals surface area contributed by atoms with E-state index in [1.54, 1.807) is 17.1 Å². The molecule has 4 aromatic rings. The number of halogens is 1. The fraction of sp³-hybridized carbons (Fsp3) is 0.423. The lowest BCUT2D eigenvalue weighted by Gasteiger charge is -2.31. The van der Waals surface area contributed by atoms with E-state index in [4.69, 9.17) is 21.3 Å². The van der Waals surface area contributed by atoms with Crippen molar-refractivity contribution in [3.63, 3.8) is 0 Å². The van der Waals surface area contributed by atoms with Gasteiger partial charge in [0.15, 0.2) is 5.65 Å². The fourth-order valence-electron chi connectivity index (χ4n) is 4.79. The van der Waals surface area contributed by atoms with E-state index < -0.39 is 11.7 Å². The fourth-order valence-corrected chi connectivity index (χ4v) is 4.95. The molecular weight excluding hydrogens is 494 g/mol. The van der Waals surface area contributed by atoms with Crippen molar-refractivity contribution in [2.24, 2.45) is 7.05 Å². The number of H-pyrrole nitrogens is 1. The largest absolute Gasteiger partial charge is 0.444 e. The van der Waals surface area contributed by atoms with Crippen molar-refractivity contribution >= 4 is 45.7 Å². The zero-order valence-electron chi connectivity index (χ0n) is 21.3. The zero-order chi connectivity index (χ0) is 26.3. The molecule has 5 rings (SSSR count). The molecular formula is C26H30ClN7O3. The van der Waals surface area contributed by atoms with E-state index in [0.29, 0.717) is 39.6 Å². The number of carbonyl (C=O) groups is 2. The van der Waals surface area contributed by atoms with Gasteiger partial charge in [-0.05, 0) is 64.7 Å². The van der Waals surface area contributed by atoms with E-state index in [1.165, 1.54) is 0 Å². The average molecular weight is 524 g/mol. The Morgan fingerprint density at radius 1 is 1.19 bits per heavy atom. The summed E-state index contributed by atoms with van der Waals surface area (Å²) >= 11 is 6.16. The molecule has 1 unspecified atom stereocenters. The first-order valence-electron chi connectivity index (χ1n) is 12.3. The van der Waals surface area contributed by atoms with Gasteiger partial charge in [0, 0.05) is 35.7 Å². The van der Waals surface area contributed by atoms with Gasteiger partial charge in [0.2, 0.25) is 0 Å². The number of amides is 2. The first kappa shape index (κ1) is 25.0. The van der Waals surface area contributed by atoms with Crippen LogP contribution in [0.15, 0.2) is 30.6 Å². The first-order valence-corrected chi connectivity index (χ1v) is 12.7. The molecule has 3 N–H and O–H groups in total. The highest BCUT2D eigenvalue weighted by Crippen LogP contribution is 2.29. The summed E-state index contributed by atoms with van der Waals surface area (Å²) in [5.41, 5.74) is 2.95. The number of carbonyl (C=O) groups excluding carboxylic acids is 2. The summed E-state index contributed by atoms with van der Waals surface area (Å²) in [6.07, 6.45) is 6.03. The second-order valence-corrected chi connectivity index (χ2v) is 10.9. The standard InChI is InChI=1S/C26H30ClN7O3/c1-26(2,3)37-25(36)31-16-7-5-6-15(11-16)30-24(35)18-12-28-23-22(18)32-19(13-29-23)21-17-9-8-14(27)10-20(17)34(4)33-21/h8-10,12-13,15-16H,5-7,11H2,1-4H3,(H,28,29)(H,30,35)(H,31,36)/t15?,16-/m0/s1. The van der Waals surface area contributed by atoms with E-state index in [0.717, 1.165) is 30.2 Å². The summed E-state index contributed by atoms with van der Waals surface area (Å²) in [5, 5.41) is 12.2. The van der Waals surface area contributed by atoms with Crippen molar-refractivity contribution in [2.75, 3.05) is 0 Å². The lowest BCUT2D eigenvalue weighted by atomic mass is 9.91. The number of nitrogens with zero attached hydrogens (tertiary/aromatic N) is 4. The van der Waals surface area contributed by atoms with Gasteiger partial charge in [0.05, 0.1) is 17.3 Å². The summed E-state index contributed by atoms with van der Waals surface area (Å²) in [6, 6.07) is 5.43. The smallest absolute Gasteiger partial charge is 0.407 e. The van der Waals surface area contributed by atoms with Crippen LogP contribution < -0.4 is 10.6 Å². The topological polar surface area (TPSA) is 127 Å². The molecule has 11 heteroatoms. The van der Waals surface area contributed by atoms with Crippen molar-refractivity contribution in [1.82, 2.24) is 35.4 Å². The molecule has 37 heavy (non-hydrogen) atoms. The Hall–Kier alpha value is -3.66. The van der Waals surface area contributed by atoms with E-state index >= 15 is 0 Å². The minimum absolute atomic E-state index is 0.0609. The SMILES string of the molecule is Cn1nc(-c2cnc3[nH]cc(C(=O)NC4CCC[C@H](NC(=O)OC(C)(C)C)C4)c3n2)c2ccc(Cl)cc21. The molecule has 2 amide bonds. The lowest BCUT2D eigenvalue weighted by Crippen LogP contribution is -2.46. The van der Waals surface area contributed by atoms with Crippen LogP contribution in [0.1, 0.15) is 56.8 Å². The molecule has 1 aliphatic rings. The van der Waals surface area contributed by atoms with Crippen LogP contribution in [0.3, 0.4) is 0 Å². The molecule has 194 valence electrons. The van der Waals surface area contributed by atoms with Crippen LogP contribution in [0, 0.1) is 0 Å². The van der Waals surface area contributed by atoms with Crippen molar-refractivity contribution in [1.29, 1.82) is 0 Å². The molecule has 0 spiro atoms. The number of aromatic amines is 1. The van der Waals surface area contributed by atoms with Crippen LogP contribution in [0.2, 0.25) is 5.02 Å². The number of aromatic nitrogens is 5.